The first-order valence-corrected chi connectivity index (χ1v) is 12.6. The number of hydrogen-bond donors (Lipinski definition) is 2. The molecule has 0 bridgehead atoms. The van der Waals surface area contributed by atoms with E-state index in [2.05, 4.69) is 27.2 Å². The smallest absolute Gasteiger partial charge is 0.243 e. The summed E-state index contributed by atoms with van der Waals surface area (Å²) in [4.78, 5) is 25.7. The molecule has 38 heavy (non-hydrogen) atoms. The van der Waals surface area contributed by atoms with Crippen LogP contribution in [0.1, 0.15) is 23.8 Å². The van der Waals surface area contributed by atoms with Gasteiger partial charge < -0.3 is 29.6 Å². The van der Waals surface area contributed by atoms with Gasteiger partial charge in [-0.05, 0) is 24.6 Å². The molecule has 5 rings (SSSR count). The van der Waals surface area contributed by atoms with E-state index in [1.54, 1.807) is 18.5 Å². The number of anilines is 1. The van der Waals surface area contributed by atoms with Crippen LogP contribution in [0, 0.1) is 0 Å². The maximum absolute atomic E-state index is 11.9. The number of nitrogens with one attached hydrogen (secondary N) is 2. The van der Waals surface area contributed by atoms with Crippen LogP contribution in [0.15, 0.2) is 43.2 Å². The number of carbonyl (C=O) groups excluding carboxylic acids is 1. The van der Waals surface area contributed by atoms with E-state index in [0.717, 1.165) is 5.56 Å². The summed E-state index contributed by atoms with van der Waals surface area (Å²) in [5.74, 6) is 1.30. The maximum Gasteiger partial charge on any atom is 0.243 e. The zero-order valence-corrected chi connectivity index (χ0v) is 22.2. The van der Waals surface area contributed by atoms with Gasteiger partial charge in [0.05, 0.1) is 54.8 Å². The standard InChI is InChI=1S/C26H25Cl2N5O5/c1-4-19(34)31-14-7-9-37-12-15(14)32-26-30-11-18-23(33-26)13-6-5-8-29-24(13)25(38-18)20-21(27)16(35-2)10-17(36-3)22(20)28/h4-6,8,10-11,14-15,25H,1,7,9,12H2,2-3H3,(H,31,34)(H,30,32,33)/t14-,15+,25?/m0/s1. The lowest BCUT2D eigenvalue weighted by Crippen LogP contribution is -2.52. The van der Waals surface area contributed by atoms with Crippen molar-refractivity contribution in [2.75, 3.05) is 32.8 Å². The van der Waals surface area contributed by atoms with Crippen LogP contribution in [-0.4, -0.2) is 60.4 Å². The van der Waals surface area contributed by atoms with E-state index in [9.17, 15) is 4.79 Å². The zero-order valence-electron chi connectivity index (χ0n) is 20.7. The Labute approximate surface area is 229 Å². The van der Waals surface area contributed by atoms with Crippen LogP contribution in [0.2, 0.25) is 10.0 Å². The number of aromatic nitrogens is 3. The van der Waals surface area contributed by atoms with Gasteiger partial charge in [-0.2, -0.15) is 0 Å². The van der Waals surface area contributed by atoms with Crippen molar-refractivity contribution in [3.05, 3.63) is 64.6 Å². The van der Waals surface area contributed by atoms with Crippen LogP contribution in [0.3, 0.4) is 0 Å². The van der Waals surface area contributed by atoms with E-state index < -0.39 is 6.10 Å². The molecule has 1 unspecified atom stereocenters. The van der Waals surface area contributed by atoms with Crippen molar-refractivity contribution in [3.63, 3.8) is 0 Å². The minimum atomic E-state index is -0.768. The third-order valence-electron chi connectivity index (χ3n) is 6.40. The number of methoxy groups -OCH3 is 2. The topological polar surface area (TPSA) is 117 Å². The molecule has 2 aromatic heterocycles. The molecule has 12 heteroatoms. The zero-order chi connectivity index (χ0) is 26.8. The molecule has 10 nitrogen and oxygen atoms in total. The van der Waals surface area contributed by atoms with E-state index in [4.69, 9.17) is 47.1 Å². The molecular weight excluding hydrogens is 533 g/mol. The molecule has 0 aliphatic carbocycles. The van der Waals surface area contributed by atoms with Gasteiger partial charge in [0.1, 0.15) is 17.2 Å². The van der Waals surface area contributed by atoms with E-state index in [1.807, 2.05) is 12.1 Å². The average Bonchev–Trinajstić information content (AvgIpc) is 2.94. The van der Waals surface area contributed by atoms with Gasteiger partial charge in [0.25, 0.3) is 0 Å². The van der Waals surface area contributed by atoms with Gasteiger partial charge in [0.2, 0.25) is 11.9 Å². The first-order valence-electron chi connectivity index (χ1n) is 11.8. The van der Waals surface area contributed by atoms with Crippen LogP contribution >= 0.6 is 23.2 Å². The van der Waals surface area contributed by atoms with Crippen molar-refractivity contribution in [2.45, 2.75) is 24.6 Å². The molecular formula is C26H25Cl2N5O5. The van der Waals surface area contributed by atoms with Gasteiger partial charge in [-0.1, -0.05) is 29.8 Å². The Balaban J connectivity index is 1.51. The Morgan fingerprint density at radius 2 is 1.95 bits per heavy atom. The molecule has 1 aromatic carbocycles. The largest absolute Gasteiger partial charge is 0.495 e. The van der Waals surface area contributed by atoms with Crippen LogP contribution in [0.25, 0.3) is 11.3 Å². The highest BCUT2D eigenvalue weighted by atomic mass is 35.5. The fraction of sp³-hybridized carbons (Fsp3) is 0.308. The summed E-state index contributed by atoms with van der Waals surface area (Å²) in [5.41, 5.74) is 2.31. The highest BCUT2D eigenvalue weighted by molar-refractivity contribution is 6.38. The summed E-state index contributed by atoms with van der Waals surface area (Å²) in [5, 5.41) is 6.79. The molecule has 3 aromatic rings. The molecule has 0 spiro atoms. The molecule has 0 saturated carbocycles. The Hall–Kier alpha value is -3.60. The highest BCUT2D eigenvalue weighted by Gasteiger charge is 2.35. The lowest BCUT2D eigenvalue weighted by Gasteiger charge is -2.33. The first-order chi connectivity index (χ1) is 18.4. The number of amides is 1. The molecule has 4 heterocycles. The van der Waals surface area contributed by atoms with Gasteiger partial charge in [0.15, 0.2) is 11.9 Å². The minimum Gasteiger partial charge on any atom is -0.495 e. The third-order valence-corrected chi connectivity index (χ3v) is 7.18. The van der Waals surface area contributed by atoms with Crippen molar-refractivity contribution in [1.82, 2.24) is 20.3 Å². The minimum absolute atomic E-state index is 0.171. The normalized spacial score (nSPS) is 19.8. The van der Waals surface area contributed by atoms with Crippen LogP contribution in [0.4, 0.5) is 5.95 Å². The average molecular weight is 558 g/mol. The van der Waals surface area contributed by atoms with E-state index in [-0.39, 0.29) is 28.0 Å². The van der Waals surface area contributed by atoms with Gasteiger partial charge in [0, 0.05) is 30.0 Å². The molecule has 1 amide bonds. The summed E-state index contributed by atoms with van der Waals surface area (Å²) < 4.78 is 22.8. The van der Waals surface area contributed by atoms with E-state index >= 15 is 0 Å². The number of halogens is 2. The fourth-order valence-electron chi connectivity index (χ4n) is 4.52. The number of benzene rings is 1. The molecule has 1 saturated heterocycles. The van der Waals surface area contributed by atoms with Gasteiger partial charge in [-0.15, -0.1) is 0 Å². The SMILES string of the molecule is C=CC(=O)N[C@H]1CCOC[C@H]1Nc1ncc2c(n1)-c1cccnc1C(c1c(Cl)c(OC)cc(OC)c1Cl)O2. The third kappa shape index (κ3) is 4.82. The Kier molecular flexibility index (Phi) is 7.55. The lowest BCUT2D eigenvalue weighted by atomic mass is 9.96. The number of hydrogen-bond acceptors (Lipinski definition) is 9. The van der Waals surface area contributed by atoms with Crippen LogP contribution in [0.5, 0.6) is 17.2 Å². The molecule has 0 radical (unpaired) electrons. The maximum atomic E-state index is 11.9. The quantitative estimate of drug-likeness (QED) is 0.411. The fourth-order valence-corrected chi connectivity index (χ4v) is 5.22. The van der Waals surface area contributed by atoms with Crippen molar-refractivity contribution in [2.24, 2.45) is 0 Å². The summed E-state index contributed by atoms with van der Waals surface area (Å²) in [6.45, 7) is 4.45. The molecule has 2 aliphatic rings. The van der Waals surface area contributed by atoms with Gasteiger partial charge in [-0.25, -0.2) is 9.97 Å². The Bertz CT molecular complexity index is 1360. The summed E-state index contributed by atoms with van der Waals surface area (Å²) in [7, 11) is 3.02. The molecule has 1 fully saturated rings. The highest BCUT2D eigenvalue weighted by Crippen LogP contribution is 2.50. The van der Waals surface area contributed by atoms with Crippen molar-refractivity contribution in [3.8, 4) is 28.5 Å². The number of ether oxygens (including phenoxy) is 4. The van der Waals surface area contributed by atoms with E-state index in [1.165, 1.54) is 20.3 Å². The van der Waals surface area contributed by atoms with Crippen LogP contribution in [-0.2, 0) is 9.53 Å². The molecule has 198 valence electrons. The lowest BCUT2D eigenvalue weighted by molar-refractivity contribution is -0.117. The molecule has 3 atom stereocenters. The van der Waals surface area contributed by atoms with Gasteiger partial charge >= 0.3 is 0 Å². The second kappa shape index (κ2) is 11.0. The molecule has 2 aliphatic heterocycles. The summed E-state index contributed by atoms with van der Waals surface area (Å²) >= 11 is 13.4. The predicted molar refractivity (Wildman–Crippen MR) is 142 cm³/mol. The predicted octanol–water partition coefficient (Wildman–Crippen LogP) is 4.22. The van der Waals surface area contributed by atoms with Crippen LogP contribution < -0.4 is 24.8 Å². The summed E-state index contributed by atoms with van der Waals surface area (Å²) in [6, 6.07) is 4.91. The second-order valence-electron chi connectivity index (χ2n) is 8.60. The number of carbonyl (C=O) groups is 1. The van der Waals surface area contributed by atoms with Gasteiger partial charge in [-0.3, -0.25) is 9.78 Å². The number of rotatable bonds is 7. The summed E-state index contributed by atoms with van der Waals surface area (Å²) in [6.07, 6.45) is 4.36. The van der Waals surface area contributed by atoms with Crippen molar-refractivity contribution >= 4 is 35.1 Å². The number of fused-ring (bicyclic) bond motifs is 3. The molecule has 2 N–H and O–H groups in total. The first kappa shape index (κ1) is 26.0. The Morgan fingerprint density at radius 3 is 2.66 bits per heavy atom. The number of nitrogens with zero attached hydrogens (tertiary/aromatic N) is 3. The second-order valence-corrected chi connectivity index (χ2v) is 9.35. The van der Waals surface area contributed by atoms with Crippen molar-refractivity contribution < 1.29 is 23.7 Å². The monoisotopic (exact) mass is 557 g/mol. The Morgan fingerprint density at radius 1 is 1.18 bits per heavy atom. The number of pyridine rings is 1. The van der Waals surface area contributed by atoms with Crippen molar-refractivity contribution in [1.29, 1.82) is 0 Å². The van der Waals surface area contributed by atoms with E-state index in [0.29, 0.717) is 59.8 Å².